The van der Waals surface area contributed by atoms with Crippen LogP contribution < -0.4 is 14.8 Å². The summed E-state index contributed by atoms with van der Waals surface area (Å²) < 4.78 is 45.7. The van der Waals surface area contributed by atoms with E-state index in [4.69, 9.17) is 4.74 Å². The van der Waals surface area contributed by atoms with Crippen molar-refractivity contribution in [2.45, 2.75) is 6.18 Å². The largest absolute Gasteiger partial charge is 0.495 e. The van der Waals surface area contributed by atoms with Crippen LogP contribution in [-0.4, -0.2) is 35.7 Å². The van der Waals surface area contributed by atoms with E-state index in [1.807, 2.05) is 0 Å². The highest BCUT2D eigenvalue weighted by atomic mass is 19.4. The Morgan fingerprint density at radius 3 is 2.58 bits per heavy atom. The number of pyridine rings is 1. The lowest BCUT2D eigenvalue weighted by molar-refractivity contribution is -0.384. The first-order chi connectivity index (χ1) is 12.2. The molecule has 0 aliphatic heterocycles. The number of non-ortho nitro benzene ring substituents is 1. The zero-order valence-electron chi connectivity index (χ0n) is 13.2. The molecule has 1 aromatic carbocycles. The molecule has 0 aliphatic carbocycles. The van der Waals surface area contributed by atoms with Gasteiger partial charge in [0.2, 0.25) is 5.88 Å². The van der Waals surface area contributed by atoms with Crippen LogP contribution in [0.4, 0.5) is 24.5 Å². The number of hydrogen-bond acceptors (Lipinski definition) is 6. The number of nitrogens with zero attached hydrogens (tertiary/aromatic N) is 2. The van der Waals surface area contributed by atoms with Crippen molar-refractivity contribution in [3.8, 4) is 11.6 Å². The predicted molar refractivity (Wildman–Crippen MR) is 83.4 cm³/mol. The minimum absolute atomic E-state index is 0.0120. The number of nitro groups is 1. The topological polar surface area (TPSA) is 104 Å². The molecular weight excluding hydrogens is 359 g/mol. The molecule has 0 aliphatic rings. The van der Waals surface area contributed by atoms with Crippen molar-refractivity contribution in [1.29, 1.82) is 0 Å². The van der Waals surface area contributed by atoms with Crippen molar-refractivity contribution in [3.05, 3.63) is 52.2 Å². The number of rotatable bonds is 6. The summed E-state index contributed by atoms with van der Waals surface area (Å²) >= 11 is 0. The Bertz CT molecular complexity index is 809. The number of hydrogen-bond donors (Lipinski definition) is 1. The van der Waals surface area contributed by atoms with Gasteiger partial charge in [0.15, 0.2) is 6.61 Å². The molecule has 11 heteroatoms. The molecule has 0 saturated heterocycles. The number of carbonyl (C=O) groups excluding carboxylic acids is 1. The van der Waals surface area contributed by atoms with Gasteiger partial charge in [-0.2, -0.15) is 13.2 Å². The monoisotopic (exact) mass is 371 g/mol. The second-order valence-corrected chi connectivity index (χ2v) is 4.88. The molecule has 2 rings (SSSR count). The highest BCUT2D eigenvalue weighted by Crippen LogP contribution is 2.29. The highest BCUT2D eigenvalue weighted by molar-refractivity contribution is 6.05. The molecule has 0 bridgehead atoms. The quantitative estimate of drug-likeness (QED) is 0.618. The summed E-state index contributed by atoms with van der Waals surface area (Å²) in [7, 11) is 1.32. The standard InChI is InChI=1S/C15H12F3N3O5/c1-25-12-4-3-10(21(23)24)6-11(12)20-14(22)9-2-5-13(19-7-9)26-8-15(16,17)18/h2-7H,8H2,1H3,(H,20,22). The molecule has 8 nitrogen and oxygen atoms in total. The summed E-state index contributed by atoms with van der Waals surface area (Å²) in [5, 5.41) is 13.2. The van der Waals surface area contributed by atoms with Gasteiger partial charge in [-0.05, 0) is 12.1 Å². The average molecular weight is 371 g/mol. The number of nitrogens with one attached hydrogen (secondary N) is 1. The second-order valence-electron chi connectivity index (χ2n) is 4.88. The molecule has 0 fully saturated rings. The van der Waals surface area contributed by atoms with E-state index in [0.717, 1.165) is 18.3 Å². The van der Waals surface area contributed by atoms with E-state index in [1.165, 1.54) is 25.3 Å². The number of halogens is 3. The van der Waals surface area contributed by atoms with Crippen LogP contribution in [-0.2, 0) is 0 Å². The third-order valence-corrected chi connectivity index (χ3v) is 3.02. The number of anilines is 1. The Morgan fingerprint density at radius 2 is 2.04 bits per heavy atom. The van der Waals surface area contributed by atoms with Gasteiger partial charge in [-0.25, -0.2) is 4.98 Å². The van der Waals surface area contributed by atoms with Gasteiger partial charge >= 0.3 is 6.18 Å². The number of carbonyl (C=O) groups is 1. The molecule has 0 atom stereocenters. The lowest BCUT2D eigenvalue weighted by Gasteiger charge is -2.11. The molecule has 1 aromatic heterocycles. The van der Waals surface area contributed by atoms with Crippen molar-refractivity contribution < 1.29 is 32.4 Å². The van der Waals surface area contributed by atoms with Crippen LogP contribution in [0.3, 0.4) is 0 Å². The Kier molecular flexibility index (Phi) is 5.60. The summed E-state index contributed by atoms with van der Waals surface area (Å²) in [6, 6.07) is 5.96. The Hall–Kier alpha value is -3.37. The third-order valence-electron chi connectivity index (χ3n) is 3.02. The number of methoxy groups -OCH3 is 1. The van der Waals surface area contributed by atoms with E-state index < -0.39 is 23.6 Å². The van der Waals surface area contributed by atoms with Gasteiger partial charge in [-0.3, -0.25) is 14.9 Å². The second kappa shape index (κ2) is 7.68. The normalized spacial score (nSPS) is 10.9. The molecular formula is C15H12F3N3O5. The summed E-state index contributed by atoms with van der Waals surface area (Å²) in [4.78, 5) is 26.0. The van der Waals surface area contributed by atoms with E-state index in [9.17, 15) is 28.1 Å². The first kappa shape index (κ1) is 19.0. The van der Waals surface area contributed by atoms with Crippen LogP contribution in [0.1, 0.15) is 10.4 Å². The molecule has 0 radical (unpaired) electrons. The molecule has 1 heterocycles. The lowest BCUT2D eigenvalue weighted by atomic mass is 10.2. The van der Waals surface area contributed by atoms with Gasteiger partial charge in [-0.15, -0.1) is 0 Å². The number of ether oxygens (including phenoxy) is 2. The van der Waals surface area contributed by atoms with Crippen molar-refractivity contribution in [3.63, 3.8) is 0 Å². The minimum atomic E-state index is -4.50. The molecule has 0 spiro atoms. The van der Waals surface area contributed by atoms with Crippen LogP contribution in [0, 0.1) is 10.1 Å². The fraction of sp³-hybridized carbons (Fsp3) is 0.200. The Labute approximate surface area is 144 Å². The van der Waals surface area contributed by atoms with E-state index >= 15 is 0 Å². The fourth-order valence-electron chi connectivity index (χ4n) is 1.86. The number of alkyl halides is 3. The van der Waals surface area contributed by atoms with Crippen LogP contribution in [0.15, 0.2) is 36.5 Å². The number of nitro benzene ring substituents is 1. The molecule has 0 saturated carbocycles. The summed E-state index contributed by atoms with van der Waals surface area (Å²) in [5.41, 5.74) is -0.183. The van der Waals surface area contributed by atoms with Gasteiger partial charge in [0, 0.05) is 24.4 Å². The van der Waals surface area contributed by atoms with Crippen molar-refractivity contribution in [2.75, 3.05) is 19.0 Å². The van der Waals surface area contributed by atoms with E-state index in [2.05, 4.69) is 15.0 Å². The van der Waals surface area contributed by atoms with E-state index in [0.29, 0.717) is 0 Å². The number of amides is 1. The molecule has 2 aromatic rings. The van der Waals surface area contributed by atoms with Crippen LogP contribution in [0.5, 0.6) is 11.6 Å². The molecule has 0 unspecified atom stereocenters. The zero-order chi connectivity index (χ0) is 19.3. The summed E-state index contributed by atoms with van der Waals surface area (Å²) in [6.07, 6.45) is -3.48. The Balaban J connectivity index is 2.12. The third kappa shape index (κ3) is 5.06. The van der Waals surface area contributed by atoms with Crippen LogP contribution in [0.2, 0.25) is 0 Å². The lowest BCUT2D eigenvalue weighted by Crippen LogP contribution is -2.19. The maximum Gasteiger partial charge on any atom is 0.422 e. The molecule has 26 heavy (non-hydrogen) atoms. The summed E-state index contributed by atoms with van der Waals surface area (Å²) in [6.45, 7) is -1.50. The number of benzene rings is 1. The first-order valence-corrected chi connectivity index (χ1v) is 6.99. The highest BCUT2D eigenvalue weighted by Gasteiger charge is 2.28. The maximum atomic E-state index is 12.2. The Morgan fingerprint density at radius 1 is 1.31 bits per heavy atom. The molecule has 1 amide bonds. The van der Waals surface area contributed by atoms with E-state index in [-0.39, 0.29) is 28.6 Å². The van der Waals surface area contributed by atoms with Gasteiger partial charge < -0.3 is 14.8 Å². The van der Waals surface area contributed by atoms with Crippen molar-refractivity contribution >= 4 is 17.3 Å². The molecule has 138 valence electrons. The maximum absolute atomic E-state index is 12.2. The van der Waals surface area contributed by atoms with Gasteiger partial charge in [0.25, 0.3) is 11.6 Å². The smallest absolute Gasteiger partial charge is 0.422 e. The van der Waals surface area contributed by atoms with Crippen molar-refractivity contribution in [2.24, 2.45) is 0 Å². The van der Waals surface area contributed by atoms with Gasteiger partial charge in [0.05, 0.1) is 23.3 Å². The van der Waals surface area contributed by atoms with Crippen LogP contribution in [0.25, 0.3) is 0 Å². The van der Waals surface area contributed by atoms with Crippen LogP contribution >= 0.6 is 0 Å². The van der Waals surface area contributed by atoms with Gasteiger partial charge in [0.1, 0.15) is 5.75 Å². The number of aromatic nitrogens is 1. The van der Waals surface area contributed by atoms with E-state index in [1.54, 1.807) is 0 Å². The van der Waals surface area contributed by atoms with Gasteiger partial charge in [-0.1, -0.05) is 0 Å². The average Bonchev–Trinajstić information content (AvgIpc) is 2.59. The SMILES string of the molecule is COc1ccc([N+](=O)[O-])cc1NC(=O)c1ccc(OCC(F)(F)F)nc1. The fourth-order valence-corrected chi connectivity index (χ4v) is 1.86. The zero-order valence-corrected chi connectivity index (χ0v) is 13.2. The summed E-state index contributed by atoms with van der Waals surface area (Å²) in [5.74, 6) is -0.785. The minimum Gasteiger partial charge on any atom is -0.495 e. The van der Waals surface area contributed by atoms with Crippen molar-refractivity contribution in [1.82, 2.24) is 4.98 Å². The predicted octanol–water partition coefficient (Wildman–Crippen LogP) is 3.19. The molecule has 1 N–H and O–H groups in total. The first-order valence-electron chi connectivity index (χ1n) is 6.99.